The van der Waals surface area contributed by atoms with Gasteiger partial charge in [-0.3, -0.25) is 0 Å². The second-order valence-corrected chi connectivity index (χ2v) is 2.39. The van der Waals surface area contributed by atoms with Crippen molar-refractivity contribution in [2.45, 2.75) is 12.8 Å². The van der Waals surface area contributed by atoms with Crippen molar-refractivity contribution in [3.63, 3.8) is 0 Å². The van der Waals surface area contributed by atoms with Crippen LogP contribution in [0.4, 0.5) is 8.78 Å². The highest BCUT2D eigenvalue weighted by atomic mass is 19.3. The van der Waals surface area contributed by atoms with Crippen LogP contribution in [0.5, 0.6) is 0 Å². The van der Waals surface area contributed by atoms with E-state index in [1.54, 1.807) is 0 Å². The van der Waals surface area contributed by atoms with Gasteiger partial charge in [0, 0.05) is 7.05 Å². The summed E-state index contributed by atoms with van der Waals surface area (Å²) in [6, 6.07) is 0. The highest BCUT2D eigenvalue weighted by Gasteiger charge is 2.41. The summed E-state index contributed by atoms with van der Waals surface area (Å²) in [6.07, 6.45) is 0. The number of nitrogens with zero attached hydrogens (tertiary/aromatic N) is 1. The minimum absolute atomic E-state index is 0.0644. The number of hydrogen-bond donors (Lipinski definition) is 0. The average molecular weight is 197 g/mol. The van der Waals surface area contributed by atoms with E-state index < -0.39 is 18.4 Å². The van der Waals surface area contributed by atoms with E-state index in [4.69, 9.17) is 0 Å². The van der Waals surface area contributed by atoms with E-state index in [2.05, 4.69) is 9.57 Å². The summed E-state index contributed by atoms with van der Waals surface area (Å²) in [5.41, 5.74) is 0. The summed E-state index contributed by atoms with van der Waals surface area (Å²) >= 11 is 0. The van der Waals surface area contributed by atoms with Crippen molar-refractivity contribution in [1.29, 1.82) is 0 Å². The number of ether oxygens (including phenoxy) is 1. The second kappa shape index (κ2) is 5.08. The van der Waals surface area contributed by atoms with Gasteiger partial charge in [0.05, 0.1) is 20.3 Å². The van der Waals surface area contributed by atoms with Crippen LogP contribution < -0.4 is 0 Å². The lowest BCUT2D eigenvalue weighted by atomic mass is 10.3. The van der Waals surface area contributed by atoms with Gasteiger partial charge in [0.15, 0.2) is 0 Å². The Morgan fingerprint density at radius 1 is 1.54 bits per heavy atom. The minimum atomic E-state index is -3.53. The van der Waals surface area contributed by atoms with Crippen molar-refractivity contribution < 1.29 is 23.1 Å². The van der Waals surface area contributed by atoms with Gasteiger partial charge in [-0.05, 0) is 6.92 Å². The van der Waals surface area contributed by atoms with Crippen molar-refractivity contribution in [1.82, 2.24) is 5.06 Å². The van der Waals surface area contributed by atoms with E-state index in [9.17, 15) is 13.6 Å². The molecule has 0 aliphatic rings. The van der Waals surface area contributed by atoms with Gasteiger partial charge in [-0.25, -0.2) is 4.79 Å². The predicted octanol–water partition coefficient (Wildman–Crippen LogP) is 0.678. The molecule has 0 aliphatic carbocycles. The van der Waals surface area contributed by atoms with Crippen LogP contribution in [0.15, 0.2) is 0 Å². The molecule has 0 saturated carbocycles. The van der Waals surface area contributed by atoms with Gasteiger partial charge in [0.2, 0.25) is 0 Å². The molecule has 0 aromatic carbocycles. The third-order valence-corrected chi connectivity index (χ3v) is 1.31. The highest BCUT2D eigenvalue weighted by Crippen LogP contribution is 2.16. The Bertz CT molecular complexity index is 175. The van der Waals surface area contributed by atoms with Gasteiger partial charge in [-0.2, -0.15) is 13.8 Å². The Balaban J connectivity index is 4.13. The lowest BCUT2D eigenvalue weighted by Gasteiger charge is -2.19. The monoisotopic (exact) mass is 197 g/mol. The van der Waals surface area contributed by atoms with Crippen LogP contribution in [0, 0.1) is 0 Å². The molecule has 4 nitrogen and oxygen atoms in total. The second-order valence-electron chi connectivity index (χ2n) is 2.39. The predicted molar refractivity (Wildman–Crippen MR) is 41.2 cm³/mol. The van der Waals surface area contributed by atoms with Gasteiger partial charge in [0.1, 0.15) is 0 Å². The Hall–Kier alpha value is -0.750. The summed E-state index contributed by atoms with van der Waals surface area (Å²) in [7, 11) is 2.54. The Labute approximate surface area is 75.4 Å². The van der Waals surface area contributed by atoms with Gasteiger partial charge in [-0.15, -0.1) is 0 Å². The number of rotatable bonds is 5. The molecule has 78 valence electrons. The van der Waals surface area contributed by atoms with E-state index in [1.807, 2.05) is 0 Å². The van der Waals surface area contributed by atoms with Crippen LogP contribution in [0.25, 0.3) is 0 Å². The number of carbonyl (C=O) groups excluding carboxylic acids is 1. The standard InChI is InChI=1S/C7H13F2NO3/c1-4-13-6(11)7(8,9)5-10(2)12-3/h4-5H2,1-3H3. The molecule has 0 unspecified atom stereocenters. The van der Waals surface area contributed by atoms with Crippen molar-refractivity contribution >= 4 is 5.97 Å². The van der Waals surface area contributed by atoms with E-state index in [0.717, 1.165) is 5.06 Å². The van der Waals surface area contributed by atoms with E-state index in [1.165, 1.54) is 21.1 Å². The van der Waals surface area contributed by atoms with Crippen LogP contribution in [-0.4, -0.2) is 44.3 Å². The third kappa shape index (κ3) is 4.14. The zero-order chi connectivity index (χ0) is 10.5. The molecule has 0 atom stereocenters. The van der Waals surface area contributed by atoms with Gasteiger partial charge >= 0.3 is 11.9 Å². The first kappa shape index (κ1) is 12.2. The molecule has 0 N–H and O–H groups in total. The molecule has 0 heterocycles. The molecule has 0 bridgehead atoms. The van der Waals surface area contributed by atoms with Gasteiger partial charge in [-0.1, -0.05) is 0 Å². The first-order chi connectivity index (χ1) is 5.94. The number of halogens is 2. The SMILES string of the molecule is CCOC(=O)C(F)(F)CN(C)OC. The fourth-order valence-electron chi connectivity index (χ4n) is 0.645. The van der Waals surface area contributed by atoms with Crippen LogP contribution in [0.2, 0.25) is 0 Å². The van der Waals surface area contributed by atoms with Crippen molar-refractivity contribution in [3.05, 3.63) is 0 Å². The number of hydrogen-bond acceptors (Lipinski definition) is 4. The Morgan fingerprint density at radius 2 is 2.08 bits per heavy atom. The van der Waals surface area contributed by atoms with Crippen LogP contribution in [-0.2, 0) is 14.4 Å². The summed E-state index contributed by atoms with van der Waals surface area (Å²) in [5, 5.41) is 0.858. The number of carbonyl (C=O) groups is 1. The van der Waals surface area contributed by atoms with Crippen molar-refractivity contribution in [2.75, 3.05) is 27.3 Å². The molecular formula is C7H13F2NO3. The number of alkyl halides is 2. The molecule has 13 heavy (non-hydrogen) atoms. The quantitative estimate of drug-likeness (QED) is 0.480. The Kier molecular flexibility index (Phi) is 4.79. The number of esters is 1. The maximum absolute atomic E-state index is 12.8. The lowest BCUT2D eigenvalue weighted by Crippen LogP contribution is -2.41. The highest BCUT2D eigenvalue weighted by molar-refractivity contribution is 5.77. The molecule has 0 fully saturated rings. The average Bonchev–Trinajstić information content (AvgIpc) is 2.04. The molecule has 0 spiro atoms. The topological polar surface area (TPSA) is 38.8 Å². The van der Waals surface area contributed by atoms with Crippen LogP contribution in [0.3, 0.4) is 0 Å². The van der Waals surface area contributed by atoms with Crippen LogP contribution in [0.1, 0.15) is 6.92 Å². The molecule has 0 saturated heterocycles. The smallest absolute Gasteiger partial charge is 0.378 e. The van der Waals surface area contributed by atoms with Gasteiger partial charge in [0.25, 0.3) is 0 Å². The largest absolute Gasteiger partial charge is 0.462 e. The fourth-order valence-corrected chi connectivity index (χ4v) is 0.645. The molecule has 0 aromatic heterocycles. The summed E-state index contributed by atoms with van der Waals surface area (Å²) in [5.74, 6) is -5.06. The van der Waals surface area contributed by atoms with Crippen molar-refractivity contribution in [3.8, 4) is 0 Å². The van der Waals surface area contributed by atoms with Crippen molar-refractivity contribution in [2.24, 2.45) is 0 Å². The molecular weight excluding hydrogens is 184 g/mol. The van der Waals surface area contributed by atoms with Gasteiger partial charge < -0.3 is 9.57 Å². The molecule has 0 rings (SSSR count). The molecule has 0 radical (unpaired) electrons. The zero-order valence-electron chi connectivity index (χ0n) is 7.84. The first-order valence-electron chi connectivity index (χ1n) is 3.74. The Morgan fingerprint density at radius 3 is 2.46 bits per heavy atom. The normalized spacial score (nSPS) is 11.8. The van der Waals surface area contributed by atoms with E-state index in [-0.39, 0.29) is 6.61 Å². The fraction of sp³-hybridized carbons (Fsp3) is 0.857. The molecule has 0 aromatic rings. The molecule has 6 heteroatoms. The first-order valence-corrected chi connectivity index (χ1v) is 3.74. The summed E-state index contributed by atoms with van der Waals surface area (Å²) in [6.45, 7) is 0.585. The number of hydroxylamine groups is 2. The summed E-state index contributed by atoms with van der Waals surface area (Å²) < 4.78 is 29.9. The minimum Gasteiger partial charge on any atom is -0.462 e. The zero-order valence-corrected chi connectivity index (χ0v) is 7.84. The molecule has 0 amide bonds. The third-order valence-electron chi connectivity index (χ3n) is 1.31. The van der Waals surface area contributed by atoms with E-state index >= 15 is 0 Å². The lowest BCUT2D eigenvalue weighted by molar-refractivity contribution is -0.195. The van der Waals surface area contributed by atoms with Crippen LogP contribution >= 0.6 is 0 Å². The maximum Gasteiger partial charge on any atom is 0.378 e. The maximum atomic E-state index is 12.8. The molecule has 0 aliphatic heterocycles. The summed E-state index contributed by atoms with van der Waals surface area (Å²) in [4.78, 5) is 15.1. The van der Waals surface area contributed by atoms with E-state index in [0.29, 0.717) is 0 Å².